The van der Waals surface area contributed by atoms with Crippen molar-refractivity contribution in [3.05, 3.63) is 0 Å². The molecule has 0 unspecified atom stereocenters. The van der Waals surface area contributed by atoms with E-state index in [0.717, 1.165) is 39.3 Å². The van der Waals surface area contributed by atoms with Gasteiger partial charge in [0, 0.05) is 26.2 Å². The second kappa shape index (κ2) is 14.8. The Morgan fingerprint density at radius 3 is 1.19 bits per heavy atom. The fourth-order valence-corrected chi connectivity index (χ4v) is 0.959. The summed E-state index contributed by atoms with van der Waals surface area (Å²) in [5.74, 6) is 0. The van der Waals surface area contributed by atoms with Crippen LogP contribution >= 0.6 is 0 Å². The molecule has 16 heavy (non-hydrogen) atoms. The number of hydrogen-bond acceptors (Lipinski definition) is 4. The maximum Gasteiger partial charge on any atom is 0.0101 e. The Hall–Kier alpha value is -0.160. The third-order valence-electron chi connectivity index (χ3n) is 1.97. The van der Waals surface area contributed by atoms with Crippen molar-refractivity contribution >= 4 is 0 Å². The van der Waals surface area contributed by atoms with Gasteiger partial charge in [0.1, 0.15) is 0 Å². The number of nitrogens with one attached hydrogen (secondary N) is 2. The van der Waals surface area contributed by atoms with Gasteiger partial charge in [0.05, 0.1) is 0 Å². The van der Waals surface area contributed by atoms with Crippen LogP contribution in [0.15, 0.2) is 0 Å². The standard InChI is InChI=1S/2C6H16N2/c2*1-4-7-5-6-8(2)3/h2*7H,4-6H2,1-3H3. The zero-order valence-corrected chi connectivity index (χ0v) is 12.1. The molecular formula is C12H32N4. The molecule has 0 amide bonds. The molecule has 0 aromatic heterocycles. The van der Waals surface area contributed by atoms with E-state index in [1.54, 1.807) is 0 Å². The molecule has 2 N–H and O–H groups in total. The van der Waals surface area contributed by atoms with Crippen LogP contribution in [0.5, 0.6) is 0 Å². The van der Waals surface area contributed by atoms with Crippen molar-refractivity contribution in [2.45, 2.75) is 13.8 Å². The molecule has 0 aliphatic carbocycles. The molecule has 0 saturated carbocycles. The van der Waals surface area contributed by atoms with E-state index in [1.807, 2.05) is 0 Å². The smallest absolute Gasteiger partial charge is 0.0101 e. The van der Waals surface area contributed by atoms with Gasteiger partial charge >= 0.3 is 0 Å². The lowest BCUT2D eigenvalue weighted by molar-refractivity contribution is 0.402. The third kappa shape index (κ3) is 23.6. The highest BCUT2D eigenvalue weighted by Crippen LogP contribution is 1.69. The number of likely N-dealkylation sites (N-methyl/N-ethyl adjacent to an activating group) is 4. The first-order valence-electron chi connectivity index (χ1n) is 6.25. The van der Waals surface area contributed by atoms with Gasteiger partial charge in [-0.05, 0) is 41.3 Å². The normalized spacial score (nSPS) is 10.5. The summed E-state index contributed by atoms with van der Waals surface area (Å²) in [5.41, 5.74) is 0. The minimum atomic E-state index is 1.08. The summed E-state index contributed by atoms with van der Waals surface area (Å²) in [6.07, 6.45) is 0. The second-order valence-corrected chi connectivity index (χ2v) is 4.31. The molecule has 0 saturated heterocycles. The maximum absolute atomic E-state index is 3.24. The van der Waals surface area contributed by atoms with Crippen molar-refractivity contribution in [1.82, 2.24) is 20.4 Å². The molecule has 4 nitrogen and oxygen atoms in total. The van der Waals surface area contributed by atoms with Gasteiger partial charge in [-0.25, -0.2) is 0 Å². The van der Waals surface area contributed by atoms with Crippen LogP contribution in [0, 0.1) is 0 Å². The minimum absolute atomic E-state index is 1.08. The number of nitrogens with zero attached hydrogens (tertiary/aromatic N) is 2. The third-order valence-corrected chi connectivity index (χ3v) is 1.97. The minimum Gasteiger partial charge on any atom is -0.316 e. The summed E-state index contributed by atoms with van der Waals surface area (Å²) in [7, 11) is 8.32. The zero-order chi connectivity index (χ0) is 12.8. The van der Waals surface area contributed by atoms with E-state index in [1.165, 1.54) is 0 Å². The molecule has 0 aliphatic rings. The predicted molar refractivity (Wildman–Crippen MR) is 74.2 cm³/mol. The quantitative estimate of drug-likeness (QED) is 0.590. The Kier molecular flexibility index (Phi) is 16.9. The molecule has 0 bridgehead atoms. The van der Waals surface area contributed by atoms with Crippen molar-refractivity contribution in [2.75, 3.05) is 67.5 Å². The van der Waals surface area contributed by atoms with Crippen LogP contribution in [0.1, 0.15) is 13.8 Å². The van der Waals surface area contributed by atoms with E-state index < -0.39 is 0 Å². The first-order chi connectivity index (χ1) is 7.54. The van der Waals surface area contributed by atoms with Crippen LogP contribution in [-0.2, 0) is 0 Å². The average molecular weight is 232 g/mol. The molecule has 0 radical (unpaired) electrons. The van der Waals surface area contributed by atoms with E-state index >= 15 is 0 Å². The lowest BCUT2D eigenvalue weighted by Crippen LogP contribution is -2.26. The number of hydrogen-bond donors (Lipinski definition) is 2. The van der Waals surface area contributed by atoms with E-state index in [9.17, 15) is 0 Å². The zero-order valence-electron chi connectivity index (χ0n) is 12.1. The first kappa shape index (κ1) is 18.2. The molecule has 4 heteroatoms. The fourth-order valence-electron chi connectivity index (χ4n) is 0.959. The molecule has 0 fully saturated rings. The van der Waals surface area contributed by atoms with Gasteiger partial charge < -0.3 is 20.4 Å². The van der Waals surface area contributed by atoms with Crippen molar-refractivity contribution in [2.24, 2.45) is 0 Å². The maximum atomic E-state index is 3.24. The Bertz CT molecular complexity index is 102. The second-order valence-electron chi connectivity index (χ2n) is 4.31. The summed E-state index contributed by atoms with van der Waals surface area (Å²) in [5, 5.41) is 6.48. The monoisotopic (exact) mass is 232 g/mol. The molecule has 0 rings (SSSR count). The van der Waals surface area contributed by atoms with Gasteiger partial charge in [-0.15, -0.1) is 0 Å². The Labute approximate surface area is 102 Å². The summed E-state index contributed by atoms with van der Waals surface area (Å²) in [6, 6.07) is 0. The highest BCUT2D eigenvalue weighted by atomic mass is 15.1. The van der Waals surface area contributed by atoms with Crippen LogP contribution in [0.2, 0.25) is 0 Å². The summed E-state index contributed by atoms with van der Waals surface area (Å²) in [4.78, 5) is 4.34. The lowest BCUT2D eigenvalue weighted by Gasteiger charge is -2.08. The SMILES string of the molecule is CCNCCN(C)C.CCNCCN(C)C. The Morgan fingerprint density at radius 1 is 0.688 bits per heavy atom. The number of rotatable bonds is 8. The Morgan fingerprint density at radius 2 is 1.00 bits per heavy atom. The van der Waals surface area contributed by atoms with Gasteiger partial charge in [0.15, 0.2) is 0 Å². The van der Waals surface area contributed by atoms with Crippen molar-refractivity contribution < 1.29 is 0 Å². The molecule has 100 valence electrons. The van der Waals surface area contributed by atoms with E-state index in [-0.39, 0.29) is 0 Å². The fraction of sp³-hybridized carbons (Fsp3) is 1.00. The molecule has 0 atom stereocenters. The Balaban J connectivity index is 0. The lowest BCUT2D eigenvalue weighted by atomic mass is 10.5. The average Bonchev–Trinajstić information content (AvgIpc) is 2.18. The highest BCUT2D eigenvalue weighted by Gasteiger charge is 1.85. The van der Waals surface area contributed by atoms with E-state index in [0.29, 0.717) is 0 Å². The summed E-state index contributed by atoms with van der Waals surface area (Å²) >= 11 is 0. The van der Waals surface area contributed by atoms with Crippen LogP contribution < -0.4 is 10.6 Å². The summed E-state index contributed by atoms with van der Waals surface area (Å²) < 4.78 is 0. The van der Waals surface area contributed by atoms with E-state index in [4.69, 9.17) is 0 Å². The van der Waals surface area contributed by atoms with Crippen molar-refractivity contribution in [1.29, 1.82) is 0 Å². The van der Waals surface area contributed by atoms with E-state index in [2.05, 4.69) is 62.5 Å². The molecule has 0 spiro atoms. The van der Waals surface area contributed by atoms with Crippen molar-refractivity contribution in [3.8, 4) is 0 Å². The molecular weight excluding hydrogens is 200 g/mol. The molecule has 0 aromatic carbocycles. The topological polar surface area (TPSA) is 30.5 Å². The van der Waals surface area contributed by atoms with Gasteiger partial charge in [0.25, 0.3) is 0 Å². The van der Waals surface area contributed by atoms with Crippen LogP contribution in [-0.4, -0.2) is 77.3 Å². The van der Waals surface area contributed by atoms with Crippen LogP contribution in [0.25, 0.3) is 0 Å². The van der Waals surface area contributed by atoms with Gasteiger partial charge in [-0.1, -0.05) is 13.8 Å². The molecule has 0 heterocycles. The van der Waals surface area contributed by atoms with Gasteiger partial charge in [-0.3, -0.25) is 0 Å². The largest absolute Gasteiger partial charge is 0.316 e. The highest BCUT2D eigenvalue weighted by molar-refractivity contribution is 4.46. The van der Waals surface area contributed by atoms with Crippen molar-refractivity contribution in [3.63, 3.8) is 0 Å². The molecule has 0 aliphatic heterocycles. The van der Waals surface area contributed by atoms with Crippen LogP contribution in [0.4, 0.5) is 0 Å². The van der Waals surface area contributed by atoms with Crippen LogP contribution in [0.3, 0.4) is 0 Å². The summed E-state index contributed by atoms with van der Waals surface area (Å²) in [6.45, 7) is 10.9. The first-order valence-corrected chi connectivity index (χ1v) is 6.25. The molecule has 0 aromatic rings. The van der Waals surface area contributed by atoms with Gasteiger partial charge in [0.2, 0.25) is 0 Å². The predicted octanol–water partition coefficient (Wildman–Crippen LogP) is 0.315. The van der Waals surface area contributed by atoms with Gasteiger partial charge in [-0.2, -0.15) is 0 Å².